The van der Waals surface area contributed by atoms with Gasteiger partial charge in [0.25, 0.3) is 0 Å². The Morgan fingerprint density at radius 3 is 2.17 bits per heavy atom. The Kier molecular flexibility index (Phi) is 5.09. The van der Waals surface area contributed by atoms with E-state index in [0.29, 0.717) is 22.5 Å². The number of alkyl halides is 3. The predicted octanol–water partition coefficient (Wildman–Crippen LogP) is 6.09. The first-order valence-electron chi connectivity index (χ1n) is 12.7. The number of amides is 1. The van der Waals surface area contributed by atoms with Crippen molar-refractivity contribution in [1.82, 2.24) is 0 Å². The highest BCUT2D eigenvalue weighted by Crippen LogP contribution is 2.54. The second-order valence-electron chi connectivity index (χ2n) is 10.1. The summed E-state index contributed by atoms with van der Waals surface area (Å²) >= 11 is 0. The maximum absolute atomic E-state index is 14.2. The molecule has 202 valence electrons. The monoisotopic (exact) mass is 552 g/mol. The van der Waals surface area contributed by atoms with Crippen LogP contribution >= 0.6 is 0 Å². The van der Waals surface area contributed by atoms with Crippen molar-refractivity contribution in [1.29, 1.82) is 0 Å². The van der Waals surface area contributed by atoms with Gasteiger partial charge in [-0.2, -0.15) is 0 Å². The molecule has 0 fully saturated rings. The first kappa shape index (κ1) is 24.8. The van der Waals surface area contributed by atoms with E-state index in [2.05, 4.69) is 10.1 Å². The molecule has 7 rings (SSSR count). The quantitative estimate of drug-likeness (QED) is 0.287. The van der Waals surface area contributed by atoms with Crippen LogP contribution in [0.3, 0.4) is 0 Å². The van der Waals surface area contributed by atoms with Crippen LogP contribution in [0.5, 0.6) is 5.75 Å². The first-order valence-corrected chi connectivity index (χ1v) is 12.7. The Labute approximate surface area is 231 Å². The van der Waals surface area contributed by atoms with E-state index in [1.54, 1.807) is 55.6 Å². The minimum atomic E-state index is -4.94. The van der Waals surface area contributed by atoms with Gasteiger partial charge >= 0.3 is 6.36 Å². The summed E-state index contributed by atoms with van der Waals surface area (Å²) in [6, 6.07) is 22.4. The number of halogens is 3. The third-order valence-corrected chi connectivity index (χ3v) is 7.85. The molecular formula is C32H19F3N2O4. The van der Waals surface area contributed by atoms with Gasteiger partial charge in [0.1, 0.15) is 11.2 Å². The lowest BCUT2D eigenvalue weighted by atomic mass is 9.69. The van der Waals surface area contributed by atoms with Gasteiger partial charge in [0.05, 0.1) is 11.3 Å². The molecule has 4 aromatic carbocycles. The summed E-state index contributed by atoms with van der Waals surface area (Å²) < 4.78 is 43.8. The second-order valence-corrected chi connectivity index (χ2v) is 10.1. The Hall–Kier alpha value is -5.18. The molecule has 0 aromatic heterocycles. The average molecular weight is 553 g/mol. The fraction of sp³-hybridized carbons (Fsp3) is 0.0938. The van der Waals surface area contributed by atoms with Gasteiger partial charge in [-0.25, -0.2) is 0 Å². The Balaban J connectivity index is 1.54. The van der Waals surface area contributed by atoms with E-state index in [4.69, 9.17) is 0 Å². The molecule has 41 heavy (non-hydrogen) atoms. The normalized spacial score (nSPS) is 18.8. The molecule has 4 aromatic rings. The lowest BCUT2D eigenvalue weighted by molar-refractivity contribution is -0.274. The van der Waals surface area contributed by atoms with Crippen LogP contribution in [0.2, 0.25) is 0 Å². The van der Waals surface area contributed by atoms with Crippen molar-refractivity contribution in [2.75, 3.05) is 17.3 Å². The number of carbonyl (C=O) groups excluding carboxylic acids is 3. The molecule has 1 aliphatic carbocycles. The van der Waals surface area contributed by atoms with Gasteiger partial charge in [-0.1, -0.05) is 60.7 Å². The van der Waals surface area contributed by atoms with Gasteiger partial charge in [0.2, 0.25) is 5.91 Å². The van der Waals surface area contributed by atoms with Crippen molar-refractivity contribution in [3.8, 4) is 5.75 Å². The van der Waals surface area contributed by atoms with E-state index in [1.807, 2.05) is 18.2 Å². The van der Waals surface area contributed by atoms with Gasteiger partial charge in [0, 0.05) is 46.2 Å². The van der Waals surface area contributed by atoms with Crippen molar-refractivity contribution in [2.24, 2.45) is 0 Å². The number of likely N-dealkylation sites (N-methyl/N-ethyl adjacent to an activating group) is 1. The predicted molar refractivity (Wildman–Crippen MR) is 145 cm³/mol. The first-order chi connectivity index (χ1) is 19.6. The van der Waals surface area contributed by atoms with Crippen molar-refractivity contribution in [3.05, 3.63) is 130 Å². The highest BCUT2D eigenvalue weighted by molar-refractivity contribution is 6.31. The fourth-order valence-corrected chi connectivity index (χ4v) is 6.09. The summed E-state index contributed by atoms with van der Waals surface area (Å²) in [7, 11) is 1.54. The maximum atomic E-state index is 14.2. The molecule has 1 spiro atoms. The second kappa shape index (κ2) is 8.41. The van der Waals surface area contributed by atoms with Crippen LogP contribution in [0.25, 0.3) is 5.70 Å². The SMILES string of the molecule is CN1C(=O)[C@@]2(C=C(c3ccccc3)Nc3c2ccc2c3C(=O)c3ccccc3C2=O)c2cc(OC(F)(F)F)ccc21. The van der Waals surface area contributed by atoms with Crippen LogP contribution in [0.1, 0.15) is 48.5 Å². The van der Waals surface area contributed by atoms with Crippen molar-refractivity contribution >= 4 is 34.5 Å². The molecule has 3 aliphatic rings. The molecule has 2 aliphatic heterocycles. The van der Waals surface area contributed by atoms with Crippen LogP contribution in [-0.2, 0) is 10.2 Å². The van der Waals surface area contributed by atoms with Gasteiger partial charge in [-0.3, -0.25) is 14.4 Å². The molecule has 2 heterocycles. The summed E-state index contributed by atoms with van der Waals surface area (Å²) in [6.45, 7) is 0. The van der Waals surface area contributed by atoms with E-state index < -0.39 is 29.2 Å². The molecule has 0 bridgehead atoms. The average Bonchev–Trinajstić information content (AvgIpc) is 3.16. The molecule has 6 nitrogen and oxygen atoms in total. The fourth-order valence-electron chi connectivity index (χ4n) is 6.09. The highest BCUT2D eigenvalue weighted by atomic mass is 19.4. The molecule has 1 atom stereocenters. The van der Waals surface area contributed by atoms with Gasteiger partial charge in [0.15, 0.2) is 11.6 Å². The molecule has 0 saturated carbocycles. The largest absolute Gasteiger partial charge is 0.573 e. The maximum Gasteiger partial charge on any atom is 0.573 e. The topological polar surface area (TPSA) is 75.7 Å². The van der Waals surface area contributed by atoms with Gasteiger partial charge in [-0.05, 0) is 35.9 Å². The van der Waals surface area contributed by atoms with E-state index in [-0.39, 0.29) is 39.3 Å². The number of ketones is 2. The minimum absolute atomic E-state index is 0.110. The smallest absolute Gasteiger partial charge is 0.406 e. The summed E-state index contributed by atoms with van der Waals surface area (Å²) in [6.07, 6.45) is -3.27. The number of anilines is 2. The number of nitrogens with zero attached hydrogens (tertiary/aromatic N) is 1. The zero-order valence-electron chi connectivity index (χ0n) is 21.4. The molecule has 1 amide bonds. The Bertz CT molecular complexity index is 1860. The van der Waals surface area contributed by atoms with E-state index >= 15 is 0 Å². The number of fused-ring (bicyclic) bond motifs is 7. The van der Waals surface area contributed by atoms with Crippen LogP contribution in [-0.4, -0.2) is 30.9 Å². The molecule has 1 N–H and O–H groups in total. The number of benzene rings is 4. The zero-order chi connectivity index (χ0) is 28.7. The van der Waals surface area contributed by atoms with Crippen LogP contribution < -0.4 is 15.0 Å². The molecular weight excluding hydrogens is 533 g/mol. The Morgan fingerprint density at radius 2 is 1.46 bits per heavy atom. The molecule has 0 radical (unpaired) electrons. The number of hydrogen-bond acceptors (Lipinski definition) is 5. The molecule has 0 unspecified atom stereocenters. The van der Waals surface area contributed by atoms with Crippen LogP contribution in [0, 0.1) is 0 Å². The lowest BCUT2D eigenvalue weighted by Crippen LogP contribution is -2.41. The van der Waals surface area contributed by atoms with E-state index in [0.717, 1.165) is 6.07 Å². The third-order valence-electron chi connectivity index (χ3n) is 7.85. The number of nitrogens with one attached hydrogen (secondary N) is 1. The van der Waals surface area contributed by atoms with Crippen molar-refractivity contribution in [2.45, 2.75) is 11.8 Å². The van der Waals surface area contributed by atoms with Gasteiger partial charge in [-0.15, -0.1) is 13.2 Å². The zero-order valence-corrected chi connectivity index (χ0v) is 21.4. The minimum Gasteiger partial charge on any atom is -0.406 e. The van der Waals surface area contributed by atoms with Crippen LogP contribution in [0.4, 0.5) is 24.5 Å². The number of rotatable bonds is 2. The van der Waals surface area contributed by atoms with Crippen molar-refractivity contribution in [3.63, 3.8) is 0 Å². The summed E-state index contributed by atoms with van der Waals surface area (Å²) in [4.78, 5) is 43.0. The standard InChI is InChI=1S/C32H19F3N2O4/c1-37-25-14-11-18(41-32(33,34)35)15-23(25)31(30(37)40)16-24(17-7-3-2-4-8-17)36-27-22(31)13-12-21-26(27)29(39)20-10-6-5-9-19(20)28(21)38/h2-16,36H,1H3/t31-/m1/s1. The Morgan fingerprint density at radius 1 is 0.780 bits per heavy atom. The summed E-state index contributed by atoms with van der Waals surface area (Å²) in [5.41, 5.74) is 1.59. The number of ether oxygens (including phenoxy) is 1. The summed E-state index contributed by atoms with van der Waals surface area (Å²) in [5, 5.41) is 3.30. The van der Waals surface area contributed by atoms with Crippen LogP contribution in [0.15, 0.2) is 91.0 Å². The van der Waals surface area contributed by atoms with E-state index in [9.17, 15) is 27.6 Å². The lowest BCUT2D eigenvalue weighted by Gasteiger charge is -2.36. The molecule has 0 saturated heterocycles. The van der Waals surface area contributed by atoms with Gasteiger partial charge < -0.3 is 15.0 Å². The number of hydrogen-bond donors (Lipinski definition) is 1. The highest BCUT2D eigenvalue weighted by Gasteiger charge is 2.54. The molecule has 9 heteroatoms. The number of carbonyl (C=O) groups is 3. The van der Waals surface area contributed by atoms with Crippen molar-refractivity contribution < 1.29 is 32.3 Å². The van der Waals surface area contributed by atoms with E-state index in [1.165, 1.54) is 23.1 Å². The third kappa shape index (κ3) is 3.48. The summed E-state index contributed by atoms with van der Waals surface area (Å²) in [5.74, 6) is -1.63.